The van der Waals surface area contributed by atoms with E-state index in [2.05, 4.69) is 15.5 Å². The highest BCUT2D eigenvalue weighted by molar-refractivity contribution is 6.31. The predicted octanol–water partition coefficient (Wildman–Crippen LogP) is 5.72. The van der Waals surface area contributed by atoms with Crippen LogP contribution in [0.5, 0.6) is 0 Å². The van der Waals surface area contributed by atoms with Gasteiger partial charge in [-0.3, -0.25) is 4.79 Å². The van der Waals surface area contributed by atoms with E-state index < -0.39 is 5.97 Å². The number of hydrogen-bond acceptors (Lipinski definition) is 5. The van der Waals surface area contributed by atoms with Crippen LogP contribution in [0.25, 0.3) is 0 Å². The van der Waals surface area contributed by atoms with Gasteiger partial charge in [0.2, 0.25) is 5.91 Å². The fourth-order valence-electron chi connectivity index (χ4n) is 2.63. The molecule has 1 amide bonds. The summed E-state index contributed by atoms with van der Waals surface area (Å²) in [5, 5.41) is 11.5. The van der Waals surface area contributed by atoms with Gasteiger partial charge in [0.15, 0.2) is 0 Å². The largest absolute Gasteiger partial charge is 0.465 e. The molecule has 29 heavy (non-hydrogen) atoms. The zero-order valence-corrected chi connectivity index (χ0v) is 16.4. The molecule has 0 unspecified atom stereocenters. The van der Waals surface area contributed by atoms with Crippen LogP contribution in [0.15, 0.2) is 83.0 Å². The van der Waals surface area contributed by atoms with Crippen molar-refractivity contribution >= 4 is 40.5 Å². The number of amides is 1. The standard InChI is InChI=1S/C22H18ClN3O3/c1-29-22(28)19-11-10-16(23)14-20(19)24-21(27)13-15-6-5-9-18(12-15)26-25-17-7-3-2-4-8-17/h2-12,14H,13H2,1H3,(H,24,27). The Hall–Kier alpha value is -3.51. The lowest BCUT2D eigenvalue weighted by atomic mass is 10.1. The Morgan fingerprint density at radius 2 is 1.66 bits per heavy atom. The summed E-state index contributed by atoms with van der Waals surface area (Å²) in [6.45, 7) is 0. The first-order valence-electron chi connectivity index (χ1n) is 8.78. The number of esters is 1. The zero-order valence-electron chi connectivity index (χ0n) is 15.6. The number of azo groups is 1. The third-order valence-corrected chi connectivity index (χ3v) is 4.21. The van der Waals surface area contributed by atoms with Crippen molar-refractivity contribution in [1.29, 1.82) is 0 Å². The fourth-order valence-corrected chi connectivity index (χ4v) is 2.80. The van der Waals surface area contributed by atoms with E-state index in [-0.39, 0.29) is 17.9 Å². The van der Waals surface area contributed by atoms with E-state index in [4.69, 9.17) is 16.3 Å². The number of methoxy groups -OCH3 is 1. The van der Waals surface area contributed by atoms with E-state index in [9.17, 15) is 9.59 Å². The molecule has 0 bridgehead atoms. The number of ether oxygens (including phenoxy) is 1. The third-order valence-electron chi connectivity index (χ3n) is 3.97. The SMILES string of the molecule is COC(=O)c1ccc(Cl)cc1NC(=O)Cc1cccc(N=Nc2ccccc2)c1. The van der Waals surface area contributed by atoms with E-state index in [1.165, 1.54) is 19.2 Å². The van der Waals surface area contributed by atoms with E-state index in [1.54, 1.807) is 24.3 Å². The number of anilines is 1. The summed E-state index contributed by atoms with van der Waals surface area (Å²) >= 11 is 5.99. The molecule has 146 valence electrons. The minimum atomic E-state index is -0.555. The summed E-state index contributed by atoms with van der Waals surface area (Å²) in [5.41, 5.74) is 2.67. The van der Waals surface area contributed by atoms with Crippen LogP contribution in [0.1, 0.15) is 15.9 Å². The molecule has 0 radical (unpaired) electrons. The summed E-state index contributed by atoms with van der Waals surface area (Å²) < 4.78 is 4.74. The molecular weight excluding hydrogens is 390 g/mol. The number of nitrogens with one attached hydrogen (secondary N) is 1. The van der Waals surface area contributed by atoms with Gasteiger partial charge in [0.1, 0.15) is 0 Å². The van der Waals surface area contributed by atoms with Crippen LogP contribution in [0.4, 0.5) is 17.1 Å². The number of halogens is 1. The maximum absolute atomic E-state index is 12.5. The normalized spacial score (nSPS) is 10.7. The summed E-state index contributed by atoms with van der Waals surface area (Å²) in [7, 11) is 1.28. The molecular formula is C22H18ClN3O3. The van der Waals surface area contributed by atoms with Crippen molar-refractivity contribution in [3.8, 4) is 0 Å². The Morgan fingerprint density at radius 3 is 2.41 bits per heavy atom. The second-order valence-electron chi connectivity index (χ2n) is 6.11. The molecule has 3 aromatic rings. The van der Waals surface area contributed by atoms with Gasteiger partial charge in [-0.2, -0.15) is 10.2 Å². The van der Waals surface area contributed by atoms with Gasteiger partial charge in [-0.05, 0) is 48.0 Å². The number of carbonyl (C=O) groups is 2. The molecule has 0 aliphatic carbocycles. The molecule has 0 aromatic heterocycles. The van der Waals surface area contributed by atoms with Gasteiger partial charge in [-0.25, -0.2) is 4.79 Å². The molecule has 6 nitrogen and oxygen atoms in total. The van der Waals surface area contributed by atoms with Gasteiger partial charge in [0.05, 0.1) is 36.2 Å². The molecule has 0 fully saturated rings. The van der Waals surface area contributed by atoms with Crippen molar-refractivity contribution in [2.45, 2.75) is 6.42 Å². The number of nitrogens with zero attached hydrogens (tertiary/aromatic N) is 2. The topological polar surface area (TPSA) is 80.1 Å². The molecule has 3 aromatic carbocycles. The van der Waals surface area contributed by atoms with E-state index >= 15 is 0 Å². The monoisotopic (exact) mass is 407 g/mol. The van der Waals surface area contributed by atoms with Crippen LogP contribution in [-0.4, -0.2) is 19.0 Å². The lowest BCUT2D eigenvalue weighted by Crippen LogP contribution is -2.17. The Labute approximate surface area is 173 Å². The van der Waals surface area contributed by atoms with Crippen LogP contribution in [-0.2, 0) is 16.0 Å². The fraction of sp³-hybridized carbons (Fsp3) is 0.0909. The first-order chi connectivity index (χ1) is 14.0. The maximum Gasteiger partial charge on any atom is 0.339 e. The van der Waals surface area contributed by atoms with Crippen LogP contribution in [0.2, 0.25) is 5.02 Å². The smallest absolute Gasteiger partial charge is 0.339 e. The van der Waals surface area contributed by atoms with Crippen LogP contribution in [0, 0.1) is 0 Å². The molecule has 0 heterocycles. The van der Waals surface area contributed by atoms with E-state index in [1.807, 2.05) is 36.4 Å². The first-order valence-corrected chi connectivity index (χ1v) is 9.16. The zero-order chi connectivity index (χ0) is 20.6. The Bertz CT molecular complexity index is 1050. The summed E-state index contributed by atoms with van der Waals surface area (Å²) in [4.78, 5) is 24.4. The van der Waals surface area contributed by atoms with E-state index in [0.29, 0.717) is 16.4 Å². The molecule has 0 spiro atoms. The highest BCUT2D eigenvalue weighted by atomic mass is 35.5. The maximum atomic E-state index is 12.5. The number of hydrogen-bond donors (Lipinski definition) is 1. The molecule has 0 atom stereocenters. The average Bonchev–Trinajstić information content (AvgIpc) is 2.73. The van der Waals surface area contributed by atoms with Crippen molar-refractivity contribution in [2.24, 2.45) is 10.2 Å². The van der Waals surface area contributed by atoms with Gasteiger partial charge in [0.25, 0.3) is 0 Å². The Kier molecular flexibility index (Phi) is 6.71. The molecule has 0 saturated heterocycles. The number of benzene rings is 3. The van der Waals surface area contributed by atoms with Gasteiger partial charge in [-0.1, -0.05) is 41.9 Å². The lowest BCUT2D eigenvalue weighted by molar-refractivity contribution is -0.115. The molecule has 3 rings (SSSR count). The van der Waals surface area contributed by atoms with Crippen LogP contribution >= 0.6 is 11.6 Å². The highest BCUT2D eigenvalue weighted by Gasteiger charge is 2.15. The van der Waals surface area contributed by atoms with Crippen LogP contribution < -0.4 is 5.32 Å². The van der Waals surface area contributed by atoms with Gasteiger partial charge in [-0.15, -0.1) is 0 Å². The molecule has 0 aliphatic rings. The predicted molar refractivity (Wildman–Crippen MR) is 112 cm³/mol. The van der Waals surface area contributed by atoms with Crippen LogP contribution in [0.3, 0.4) is 0 Å². The van der Waals surface area contributed by atoms with Gasteiger partial charge in [0, 0.05) is 5.02 Å². The van der Waals surface area contributed by atoms with Gasteiger partial charge >= 0.3 is 5.97 Å². The quantitative estimate of drug-likeness (QED) is 0.419. The number of rotatable bonds is 6. The lowest BCUT2D eigenvalue weighted by Gasteiger charge is -2.10. The van der Waals surface area contributed by atoms with Gasteiger partial charge < -0.3 is 10.1 Å². The van der Waals surface area contributed by atoms with E-state index in [0.717, 1.165) is 11.3 Å². The average molecular weight is 408 g/mol. The number of carbonyl (C=O) groups excluding carboxylic acids is 2. The minimum absolute atomic E-state index is 0.0990. The molecule has 0 saturated carbocycles. The Morgan fingerprint density at radius 1 is 0.931 bits per heavy atom. The summed E-state index contributed by atoms with van der Waals surface area (Å²) in [6.07, 6.45) is 0.0990. The summed E-state index contributed by atoms with van der Waals surface area (Å²) in [6, 6.07) is 21.2. The van der Waals surface area contributed by atoms with Crippen molar-refractivity contribution in [2.75, 3.05) is 12.4 Å². The van der Waals surface area contributed by atoms with Crippen molar-refractivity contribution in [1.82, 2.24) is 0 Å². The Balaban J connectivity index is 1.71. The minimum Gasteiger partial charge on any atom is -0.465 e. The summed E-state index contributed by atoms with van der Waals surface area (Å²) in [5.74, 6) is -0.852. The molecule has 1 N–H and O–H groups in total. The third kappa shape index (κ3) is 5.73. The first kappa shape index (κ1) is 20.2. The second kappa shape index (κ2) is 9.61. The van der Waals surface area contributed by atoms with Crippen molar-refractivity contribution in [3.05, 3.63) is 88.9 Å². The molecule has 0 aliphatic heterocycles. The van der Waals surface area contributed by atoms with Crippen molar-refractivity contribution in [3.63, 3.8) is 0 Å². The molecule has 7 heteroatoms. The van der Waals surface area contributed by atoms with Crippen molar-refractivity contribution < 1.29 is 14.3 Å². The highest BCUT2D eigenvalue weighted by Crippen LogP contribution is 2.23. The second-order valence-corrected chi connectivity index (χ2v) is 6.55.